The summed E-state index contributed by atoms with van der Waals surface area (Å²) in [6.07, 6.45) is 5.28. The first kappa shape index (κ1) is 14.6. The van der Waals surface area contributed by atoms with Crippen LogP contribution in [-0.2, 0) is 9.59 Å². The zero-order valence-corrected chi connectivity index (χ0v) is 11.6. The van der Waals surface area contributed by atoms with Gasteiger partial charge in [0.2, 0.25) is 11.8 Å². The highest BCUT2D eigenvalue weighted by molar-refractivity contribution is 5.89. The third-order valence-corrected chi connectivity index (χ3v) is 4.62. The number of amides is 2. The van der Waals surface area contributed by atoms with Crippen LogP contribution in [0.2, 0.25) is 0 Å². The number of nitrogens with two attached hydrogens (primary N) is 3. The summed E-state index contributed by atoms with van der Waals surface area (Å²) < 4.78 is 0. The van der Waals surface area contributed by atoms with Crippen LogP contribution in [0.5, 0.6) is 0 Å². The molecule has 0 aromatic rings. The molecule has 2 atom stereocenters. The second-order valence-corrected chi connectivity index (χ2v) is 5.88. The van der Waals surface area contributed by atoms with E-state index in [1.54, 1.807) is 0 Å². The number of nitrogens with zero attached hydrogens (tertiary/aromatic N) is 1. The van der Waals surface area contributed by atoms with Crippen molar-refractivity contribution in [1.82, 2.24) is 5.32 Å². The Bertz CT molecular complexity index is 426. The van der Waals surface area contributed by atoms with Gasteiger partial charge in [-0.05, 0) is 37.5 Å². The maximum atomic E-state index is 12.2. The number of nitrogens with one attached hydrogen (secondary N) is 1. The van der Waals surface area contributed by atoms with E-state index in [4.69, 9.17) is 17.2 Å². The maximum absolute atomic E-state index is 12.2. The van der Waals surface area contributed by atoms with Crippen LogP contribution in [0.4, 0.5) is 0 Å². The van der Waals surface area contributed by atoms with Crippen LogP contribution in [0.15, 0.2) is 4.99 Å². The lowest BCUT2D eigenvalue weighted by Gasteiger charge is -2.52. The van der Waals surface area contributed by atoms with Gasteiger partial charge in [0, 0.05) is 12.5 Å². The lowest BCUT2D eigenvalue weighted by Crippen LogP contribution is -2.60. The molecule has 0 aromatic carbocycles. The van der Waals surface area contributed by atoms with Gasteiger partial charge in [-0.1, -0.05) is 6.42 Å². The van der Waals surface area contributed by atoms with Crippen molar-refractivity contribution >= 4 is 17.8 Å². The summed E-state index contributed by atoms with van der Waals surface area (Å²) >= 11 is 0. The number of carbonyl (C=O) groups is 2. The lowest BCUT2D eigenvalue weighted by atomic mass is 9.55. The standard InChI is InChI=1S/C13H23N5O2/c14-10(19)9-7-13(4-2-5-13)8(11(20)18-9)3-1-6-17-12(15)16/h8-9H,1-7H2,(H2,14,19)(H,18,20)(H4,15,16,17)/t8-,9?/m0/s1. The molecule has 1 aliphatic carbocycles. The monoisotopic (exact) mass is 281 g/mol. The fraction of sp³-hybridized carbons (Fsp3) is 0.769. The number of rotatable bonds is 5. The molecule has 1 heterocycles. The van der Waals surface area contributed by atoms with E-state index in [0.29, 0.717) is 13.0 Å². The van der Waals surface area contributed by atoms with Crippen LogP contribution < -0.4 is 22.5 Å². The van der Waals surface area contributed by atoms with Crippen molar-refractivity contribution in [3.05, 3.63) is 0 Å². The van der Waals surface area contributed by atoms with Crippen molar-refractivity contribution in [1.29, 1.82) is 0 Å². The topological polar surface area (TPSA) is 137 Å². The summed E-state index contributed by atoms with van der Waals surface area (Å²) in [6.45, 7) is 0.529. The zero-order chi connectivity index (χ0) is 14.8. The molecule has 1 saturated heterocycles. The van der Waals surface area contributed by atoms with Crippen LogP contribution in [0.3, 0.4) is 0 Å². The molecular formula is C13H23N5O2. The Kier molecular flexibility index (Phi) is 4.15. The molecule has 2 amide bonds. The van der Waals surface area contributed by atoms with E-state index >= 15 is 0 Å². The molecule has 1 unspecified atom stereocenters. The van der Waals surface area contributed by atoms with Crippen molar-refractivity contribution in [2.45, 2.75) is 44.6 Å². The molecule has 1 saturated carbocycles. The van der Waals surface area contributed by atoms with Gasteiger partial charge >= 0.3 is 0 Å². The van der Waals surface area contributed by atoms with Crippen LogP contribution in [0.25, 0.3) is 0 Å². The molecule has 20 heavy (non-hydrogen) atoms. The molecular weight excluding hydrogens is 258 g/mol. The van der Waals surface area contributed by atoms with Crippen molar-refractivity contribution in [3.63, 3.8) is 0 Å². The van der Waals surface area contributed by atoms with E-state index in [1.807, 2.05) is 0 Å². The lowest BCUT2D eigenvalue weighted by molar-refractivity contribution is -0.144. The Balaban J connectivity index is 1.98. The second kappa shape index (κ2) is 5.68. The van der Waals surface area contributed by atoms with Crippen molar-refractivity contribution in [2.24, 2.45) is 33.5 Å². The first-order valence-corrected chi connectivity index (χ1v) is 7.10. The molecule has 2 aliphatic rings. The third-order valence-electron chi connectivity index (χ3n) is 4.62. The highest BCUT2D eigenvalue weighted by Crippen LogP contribution is 2.53. The van der Waals surface area contributed by atoms with E-state index in [2.05, 4.69) is 10.3 Å². The molecule has 0 radical (unpaired) electrons. The van der Waals surface area contributed by atoms with Gasteiger partial charge in [-0.3, -0.25) is 14.6 Å². The molecule has 7 N–H and O–H groups in total. The molecule has 2 fully saturated rings. The highest BCUT2D eigenvalue weighted by atomic mass is 16.2. The average molecular weight is 281 g/mol. The number of carbonyl (C=O) groups excluding carboxylic acids is 2. The summed E-state index contributed by atoms with van der Waals surface area (Å²) in [4.78, 5) is 27.5. The van der Waals surface area contributed by atoms with Crippen LogP contribution in [0.1, 0.15) is 38.5 Å². The minimum atomic E-state index is -0.517. The minimum Gasteiger partial charge on any atom is -0.370 e. The molecule has 7 nitrogen and oxygen atoms in total. The fourth-order valence-corrected chi connectivity index (χ4v) is 3.45. The molecule has 2 rings (SSSR count). The third kappa shape index (κ3) is 2.86. The second-order valence-electron chi connectivity index (χ2n) is 5.88. The normalized spacial score (nSPS) is 27.5. The zero-order valence-electron chi connectivity index (χ0n) is 11.6. The molecule has 0 bridgehead atoms. The van der Waals surface area contributed by atoms with E-state index in [0.717, 1.165) is 32.1 Å². The fourth-order valence-electron chi connectivity index (χ4n) is 3.45. The van der Waals surface area contributed by atoms with Gasteiger partial charge in [0.15, 0.2) is 5.96 Å². The smallest absolute Gasteiger partial charge is 0.240 e. The predicted molar refractivity (Wildman–Crippen MR) is 75.4 cm³/mol. The first-order chi connectivity index (χ1) is 9.44. The quantitative estimate of drug-likeness (QED) is 0.298. The van der Waals surface area contributed by atoms with Gasteiger partial charge in [0.05, 0.1) is 0 Å². The molecule has 112 valence electrons. The van der Waals surface area contributed by atoms with Crippen LogP contribution >= 0.6 is 0 Å². The predicted octanol–water partition coefficient (Wildman–Crippen LogP) is -0.800. The summed E-state index contributed by atoms with van der Waals surface area (Å²) in [6, 6.07) is -0.517. The van der Waals surface area contributed by atoms with E-state index < -0.39 is 11.9 Å². The van der Waals surface area contributed by atoms with E-state index in [-0.39, 0.29) is 23.2 Å². The van der Waals surface area contributed by atoms with Crippen LogP contribution in [0, 0.1) is 11.3 Å². The number of piperidine rings is 1. The van der Waals surface area contributed by atoms with E-state index in [1.165, 1.54) is 0 Å². The maximum Gasteiger partial charge on any atom is 0.240 e. The van der Waals surface area contributed by atoms with Gasteiger partial charge in [-0.15, -0.1) is 0 Å². The van der Waals surface area contributed by atoms with Crippen molar-refractivity contribution < 1.29 is 9.59 Å². The van der Waals surface area contributed by atoms with Gasteiger partial charge in [-0.2, -0.15) is 0 Å². The van der Waals surface area contributed by atoms with Gasteiger partial charge in [-0.25, -0.2) is 0 Å². The Morgan fingerprint density at radius 3 is 2.55 bits per heavy atom. The van der Waals surface area contributed by atoms with Crippen molar-refractivity contribution in [3.8, 4) is 0 Å². The number of guanidine groups is 1. The molecule has 1 aliphatic heterocycles. The number of hydrogen-bond acceptors (Lipinski definition) is 3. The van der Waals surface area contributed by atoms with Crippen molar-refractivity contribution in [2.75, 3.05) is 6.54 Å². The number of hydrogen-bond donors (Lipinski definition) is 4. The van der Waals surface area contributed by atoms with Gasteiger partial charge in [0.25, 0.3) is 0 Å². The van der Waals surface area contributed by atoms with Crippen LogP contribution in [-0.4, -0.2) is 30.4 Å². The Morgan fingerprint density at radius 1 is 1.35 bits per heavy atom. The summed E-state index contributed by atoms with van der Waals surface area (Å²) in [7, 11) is 0. The summed E-state index contributed by atoms with van der Waals surface area (Å²) in [5.74, 6) is -0.473. The minimum absolute atomic E-state index is 0.0417. The molecule has 1 spiro atoms. The highest BCUT2D eigenvalue weighted by Gasteiger charge is 2.52. The Labute approximate surface area is 118 Å². The average Bonchev–Trinajstić information content (AvgIpc) is 2.32. The molecule has 7 heteroatoms. The SMILES string of the molecule is NC(=O)C1CC2(CCC2)[C@@H](CCCN=C(N)N)C(=O)N1. The van der Waals surface area contributed by atoms with Gasteiger partial charge < -0.3 is 22.5 Å². The number of aliphatic imine (C=N–C) groups is 1. The Morgan fingerprint density at radius 2 is 2.05 bits per heavy atom. The first-order valence-electron chi connectivity index (χ1n) is 7.10. The van der Waals surface area contributed by atoms with Gasteiger partial charge in [0.1, 0.15) is 6.04 Å². The van der Waals surface area contributed by atoms with E-state index in [9.17, 15) is 9.59 Å². The largest absolute Gasteiger partial charge is 0.370 e. The molecule has 0 aromatic heterocycles. The number of primary amides is 1. The Hall–Kier alpha value is -1.79. The summed E-state index contributed by atoms with van der Waals surface area (Å²) in [5, 5.41) is 2.74. The summed E-state index contributed by atoms with van der Waals surface area (Å²) in [5.41, 5.74) is 15.8.